The molecule has 5 heteroatoms. The predicted octanol–water partition coefficient (Wildman–Crippen LogP) is 1.24. The zero-order valence-corrected chi connectivity index (χ0v) is 8.56. The van der Waals surface area contributed by atoms with Crippen LogP contribution >= 0.6 is 0 Å². The highest BCUT2D eigenvalue weighted by Gasteiger charge is 2.28. The van der Waals surface area contributed by atoms with Crippen LogP contribution in [0, 0.1) is 0 Å². The zero-order chi connectivity index (χ0) is 11.0. The fraction of sp³-hybridized carbons (Fsp3) is 0.364. The van der Waals surface area contributed by atoms with Gasteiger partial charge in [-0.15, -0.1) is 0 Å². The summed E-state index contributed by atoms with van der Waals surface area (Å²) < 4.78 is 15.9. The molecule has 0 unspecified atom stereocenters. The molecule has 0 bridgehead atoms. The number of benzene rings is 1. The first-order valence-electron chi connectivity index (χ1n) is 5.16. The molecule has 0 aliphatic carbocycles. The number of rotatable bonds is 1. The first-order chi connectivity index (χ1) is 7.84. The van der Waals surface area contributed by atoms with Gasteiger partial charge in [-0.05, 0) is 6.07 Å². The number of ether oxygens (including phenoxy) is 3. The van der Waals surface area contributed by atoms with Crippen LogP contribution in [-0.2, 0) is 4.74 Å². The Kier molecular flexibility index (Phi) is 2.09. The van der Waals surface area contributed by atoms with Gasteiger partial charge in [-0.3, -0.25) is 0 Å². The number of amides is 1. The Morgan fingerprint density at radius 3 is 2.88 bits per heavy atom. The van der Waals surface area contributed by atoms with E-state index in [4.69, 9.17) is 14.2 Å². The van der Waals surface area contributed by atoms with E-state index in [0.29, 0.717) is 25.6 Å². The van der Waals surface area contributed by atoms with Crippen LogP contribution in [0.2, 0.25) is 0 Å². The van der Waals surface area contributed by atoms with Gasteiger partial charge in [-0.25, -0.2) is 4.79 Å². The van der Waals surface area contributed by atoms with Gasteiger partial charge in [0.05, 0.1) is 6.04 Å². The number of hydrogen-bond acceptors (Lipinski definition) is 4. The Hall–Kier alpha value is -1.91. The third kappa shape index (κ3) is 1.44. The summed E-state index contributed by atoms with van der Waals surface area (Å²) in [6, 6.07) is 5.50. The molecule has 1 fully saturated rings. The topological polar surface area (TPSA) is 56.8 Å². The van der Waals surface area contributed by atoms with Crippen molar-refractivity contribution in [2.45, 2.75) is 6.04 Å². The molecule has 2 aliphatic heterocycles. The molecule has 0 aromatic heterocycles. The highest BCUT2D eigenvalue weighted by molar-refractivity contribution is 5.70. The highest BCUT2D eigenvalue weighted by atomic mass is 16.6. The fourth-order valence-electron chi connectivity index (χ4n) is 1.92. The minimum Gasteiger partial charge on any atom is -0.486 e. The summed E-state index contributed by atoms with van der Waals surface area (Å²) in [5.74, 6) is 1.44. The lowest BCUT2D eigenvalue weighted by Gasteiger charge is -2.22. The summed E-state index contributed by atoms with van der Waals surface area (Å²) >= 11 is 0. The van der Waals surface area contributed by atoms with E-state index >= 15 is 0 Å². The number of para-hydroxylation sites is 1. The molecule has 1 amide bonds. The normalized spacial score (nSPS) is 22.5. The first kappa shape index (κ1) is 9.33. The number of carbonyl (C=O) groups excluding carboxylic acids is 1. The van der Waals surface area contributed by atoms with Crippen LogP contribution in [-0.4, -0.2) is 25.9 Å². The molecular weight excluding hydrogens is 210 g/mol. The minimum atomic E-state index is -0.390. The number of nitrogens with one attached hydrogen (secondary N) is 1. The van der Waals surface area contributed by atoms with Crippen LogP contribution in [0.5, 0.6) is 11.5 Å². The molecule has 2 aliphatic rings. The van der Waals surface area contributed by atoms with E-state index in [1.54, 1.807) is 0 Å². The van der Waals surface area contributed by atoms with Crippen molar-refractivity contribution in [3.05, 3.63) is 23.8 Å². The molecule has 0 saturated carbocycles. The molecule has 1 aromatic carbocycles. The monoisotopic (exact) mass is 221 g/mol. The van der Waals surface area contributed by atoms with Gasteiger partial charge in [-0.1, -0.05) is 12.1 Å². The average molecular weight is 221 g/mol. The van der Waals surface area contributed by atoms with Crippen molar-refractivity contribution in [1.82, 2.24) is 5.32 Å². The minimum absolute atomic E-state index is 0.149. The molecule has 3 rings (SSSR count). The van der Waals surface area contributed by atoms with E-state index in [9.17, 15) is 4.79 Å². The van der Waals surface area contributed by atoms with E-state index < -0.39 is 0 Å². The Balaban J connectivity index is 1.97. The molecule has 1 aromatic rings. The second kappa shape index (κ2) is 3.59. The summed E-state index contributed by atoms with van der Waals surface area (Å²) in [5.41, 5.74) is 0.906. The van der Waals surface area contributed by atoms with Crippen molar-refractivity contribution in [3.8, 4) is 11.5 Å². The summed E-state index contributed by atoms with van der Waals surface area (Å²) in [6.07, 6.45) is -0.390. The molecule has 0 spiro atoms. The van der Waals surface area contributed by atoms with Crippen molar-refractivity contribution in [1.29, 1.82) is 0 Å². The number of hydrogen-bond donors (Lipinski definition) is 1. The molecule has 1 N–H and O–H groups in total. The van der Waals surface area contributed by atoms with Crippen LogP contribution in [0.4, 0.5) is 4.79 Å². The SMILES string of the molecule is O=C1N[C@H](c2cccc3c2OCCO3)CO1. The zero-order valence-electron chi connectivity index (χ0n) is 8.56. The summed E-state index contributed by atoms with van der Waals surface area (Å²) in [7, 11) is 0. The van der Waals surface area contributed by atoms with Gasteiger partial charge < -0.3 is 19.5 Å². The Morgan fingerprint density at radius 2 is 2.06 bits per heavy atom. The van der Waals surface area contributed by atoms with Crippen molar-refractivity contribution in [3.63, 3.8) is 0 Å². The highest BCUT2D eigenvalue weighted by Crippen LogP contribution is 2.37. The first-order valence-corrected chi connectivity index (χ1v) is 5.16. The van der Waals surface area contributed by atoms with E-state index in [1.807, 2.05) is 18.2 Å². The lowest BCUT2D eigenvalue weighted by Crippen LogP contribution is -2.22. The van der Waals surface area contributed by atoms with Gasteiger partial charge in [0.2, 0.25) is 0 Å². The van der Waals surface area contributed by atoms with Gasteiger partial charge in [0, 0.05) is 5.56 Å². The van der Waals surface area contributed by atoms with Gasteiger partial charge >= 0.3 is 6.09 Å². The van der Waals surface area contributed by atoms with Gasteiger partial charge in [0.15, 0.2) is 11.5 Å². The van der Waals surface area contributed by atoms with E-state index in [0.717, 1.165) is 11.3 Å². The third-order valence-corrected chi connectivity index (χ3v) is 2.65. The molecule has 16 heavy (non-hydrogen) atoms. The van der Waals surface area contributed by atoms with Crippen LogP contribution in [0.1, 0.15) is 11.6 Å². The second-order valence-corrected chi connectivity index (χ2v) is 3.67. The standard InChI is InChI=1S/C11H11NO4/c13-11-12-8(6-16-11)7-2-1-3-9-10(7)15-5-4-14-9/h1-3,8H,4-6H2,(H,12,13)/t8-/m0/s1. The van der Waals surface area contributed by atoms with Crippen LogP contribution in [0.3, 0.4) is 0 Å². The maximum Gasteiger partial charge on any atom is 0.407 e. The number of cyclic esters (lactones) is 1. The summed E-state index contributed by atoms with van der Waals surface area (Å²) in [5, 5.41) is 2.72. The average Bonchev–Trinajstić information content (AvgIpc) is 2.75. The Labute approximate surface area is 92.3 Å². The van der Waals surface area contributed by atoms with Crippen LogP contribution in [0.25, 0.3) is 0 Å². The smallest absolute Gasteiger partial charge is 0.407 e. The lowest BCUT2D eigenvalue weighted by molar-refractivity contribution is 0.167. The van der Waals surface area contributed by atoms with Gasteiger partial charge in [-0.2, -0.15) is 0 Å². The van der Waals surface area contributed by atoms with E-state index in [1.165, 1.54) is 0 Å². The molecule has 0 radical (unpaired) electrons. The largest absolute Gasteiger partial charge is 0.486 e. The molecule has 1 saturated heterocycles. The number of fused-ring (bicyclic) bond motifs is 1. The van der Waals surface area contributed by atoms with E-state index in [-0.39, 0.29) is 12.1 Å². The molecule has 1 atom stereocenters. The predicted molar refractivity (Wildman–Crippen MR) is 54.7 cm³/mol. The fourth-order valence-corrected chi connectivity index (χ4v) is 1.92. The second-order valence-electron chi connectivity index (χ2n) is 3.67. The van der Waals surface area contributed by atoms with Crippen molar-refractivity contribution in [2.24, 2.45) is 0 Å². The number of carbonyl (C=O) groups is 1. The molecular formula is C11H11NO4. The quantitative estimate of drug-likeness (QED) is 0.775. The van der Waals surface area contributed by atoms with Crippen LogP contribution < -0.4 is 14.8 Å². The lowest BCUT2D eigenvalue weighted by atomic mass is 10.1. The molecule has 84 valence electrons. The van der Waals surface area contributed by atoms with Crippen molar-refractivity contribution in [2.75, 3.05) is 19.8 Å². The maximum atomic E-state index is 11.0. The summed E-state index contributed by atoms with van der Waals surface area (Å²) in [4.78, 5) is 11.0. The molecule has 2 heterocycles. The maximum absolute atomic E-state index is 11.0. The van der Waals surface area contributed by atoms with E-state index in [2.05, 4.69) is 5.32 Å². The Morgan fingerprint density at radius 1 is 1.19 bits per heavy atom. The van der Waals surface area contributed by atoms with Gasteiger partial charge in [0.1, 0.15) is 19.8 Å². The van der Waals surface area contributed by atoms with Crippen molar-refractivity contribution < 1.29 is 19.0 Å². The van der Waals surface area contributed by atoms with Gasteiger partial charge in [0.25, 0.3) is 0 Å². The summed E-state index contributed by atoms with van der Waals surface area (Å²) in [6.45, 7) is 1.42. The Bertz CT molecular complexity index is 432. The van der Waals surface area contributed by atoms with Crippen molar-refractivity contribution >= 4 is 6.09 Å². The molecule has 5 nitrogen and oxygen atoms in total. The third-order valence-electron chi connectivity index (χ3n) is 2.65. The van der Waals surface area contributed by atoms with Crippen LogP contribution in [0.15, 0.2) is 18.2 Å². The number of alkyl carbamates (subject to hydrolysis) is 1.